The summed E-state index contributed by atoms with van der Waals surface area (Å²) in [6.07, 6.45) is 1.59. The minimum absolute atomic E-state index is 0.0762. The summed E-state index contributed by atoms with van der Waals surface area (Å²) in [4.78, 5) is 21.1. The Bertz CT molecular complexity index is 1290. The van der Waals surface area contributed by atoms with Gasteiger partial charge in [-0.2, -0.15) is 0 Å². The Morgan fingerprint density at radius 2 is 1.49 bits per heavy atom. The fraction of sp³-hybridized carbons (Fsp3) is 0.300. The quantitative estimate of drug-likeness (QED) is 0.362. The maximum atomic E-state index is 13.5. The van der Waals surface area contributed by atoms with Gasteiger partial charge in [0.2, 0.25) is 0 Å². The van der Waals surface area contributed by atoms with Crippen molar-refractivity contribution in [2.75, 3.05) is 26.2 Å². The van der Waals surface area contributed by atoms with E-state index in [0.29, 0.717) is 12.3 Å². The van der Waals surface area contributed by atoms with Crippen LogP contribution in [0.1, 0.15) is 40.6 Å². The number of nitrogens with one attached hydrogen (secondary N) is 1. The van der Waals surface area contributed by atoms with Gasteiger partial charge in [0.05, 0.1) is 6.61 Å². The molecule has 37 heavy (non-hydrogen) atoms. The van der Waals surface area contributed by atoms with E-state index < -0.39 is 6.10 Å². The van der Waals surface area contributed by atoms with Crippen molar-refractivity contribution in [3.63, 3.8) is 0 Å². The molecule has 2 aliphatic rings. The molecule has 2 atom stereocenters. The molecule has 1 N–H and O–H groups in total. The van der Waals surface area contributed by atoms with Crippen LogP contribution < -0.4 is 0 Å². The number of fused-ring (bicyclic) bond motifs is 3. The third-order valence-corrected chi connectivity index (χ3v) is 7.59. The number of rotatable bonds is 7. The summed E-state index contributed by atoms with van der Waals surface area (Å²) in [5.74, 6) is -0.541. The number of carbonyl (C=O) groups excluding carboxylic acids is 1. The molecule has 5 nitrogen and oxygen atoms in total. The Morgan fingerprint density at radius 1 is 0.892 bits per heavy atom. The number of nitrogens with zero attached hydrogens (tertiary/aromatic N) is 2. The van der Waals surface area contributed by atoms with Crippen LogP contribution >= 0.6 is 0 Å². The van der Waals surface area contributed by atoms with Crippen LogP contribution in [0.4, 0.5) is 8.78 Å². The molecule has 1 aromatic heterocycles. The molecule has 3 heterocycles. The Morgan fingerprint density at radius 3 is 2.08 bits per heavy atom. The molecule has 190 valence electrons. The highest BCUT2D eigenvalue weighted by Gasteiger charge is 2.43. The lowest BCUT2D eigenvalue weighted by Crippen LogP contribution is -2.56. The average Bonchev–Trinajstić information content (AvgIpc) is 3.46. The summed E-state index contributed by atoms with van der Waals surface area (Å²) in [6, 6.07) is 22.7. The predicted molar refractivity (Wildman–Crippen MR) is 138 cm³/mol. The van der Waals surface area contributed by atoms with E-state index in [-0.39, 0.29) is 29.6 Å². The lowest BCUT2D eigenvalue weighted by atomic mass is 10.0. The number of ether oxygens (including phenoxy) is 1. The summed E-state index contributed by atoms with van der Waals surface area (Å²) in [7, 11) is 0. The van der Waals surface area contributed by atoms with Gasteiger partial charge in [0.25, 0.3) is 5.91 Å². The summed E-state index contributed by atoms with van der Waals surface area (Å²) >= 11 is 0. The van der Waals surface area contributed by atoms with Crippen molar-refractivity contribution in [3.05, 3.63) is 107 Å². The first-order valence-corrected chi connectivity index (χ1v) is 12.8. The molecule has 2 bridgehead atoms. The van der Waals surface area contributed by atoms with Gasteiger partial charge in [0.15, 0.2) is 0 Å². The van der Waals surface area contributed by atoms with Crippen molar-refractivity contribution in [1.29, 1.82) is 0 Å². The lowest BCUT2D eigenvalue weighted by Gasteiger charge is -2.41. The van der Waals surface area contributed by atoms with Crippen LogP contribution in [0.2, 0.25) is 0 Å². The summed E-state index contributed by atoms with van der Waals surface area (Å²) < 4.78 is 33.3. The lowest BCUT2D eigenvalue weighted by molar-refractivity contribution is 0.0218. The average molecular weight is 502 g/mol. The van der Waals surface area contributed by atoms with Gasteiger partial charge in [-0.3, -0.25) is 9.69 Å². The van der Waals surface area contributed by atoms with Gasteiger partial charge >= 0.3 is 0 Å². The maximum Gasteiger partial charge on any atom is 0.270 e. The summed E-state index contributed by atoms with van der Waals surface area (Å²) in [5.41, 5.74) is 3.27. The number of benzene rings is 3. The number of hydrogen-bond donors (Lipinski definition) is 1. The van der Waals surface area contributed by atoms with E-state index in [2.05, 4.69) is 14.8 Å². The number of amides is 1. The minimum Gasteiger partial charge on any atom is -0.367 e. The number of para-hydroxylation sites is 1. The zero-order chi connectivity index (χ0) is 25.4. The molecule has 2 saturated heterocycles. The molecule has 0 spiro atoms. The van der Waals surface area contributed by atoms with Crippen LogP contribution in [0.25, 0.3) is 10.9 Å². The van der Waals surface area contributed by atoms with E-state index in [1.54, 1.807) is 24.3 Å². The number of aromatic nitrogens is 1. The highest BCUT2D eigenvalue weighted by atomic mass is 19.1. The van der Waals surface area contributed by atoms with Crippen molar-refractivity contribution in [1.82, 2.24) is 14.8 Å². The molecule has 3 aromatic carbocycles. The molecule has 2 aliphatic heterocycles. The zero-order valence-corrected chi connectivity index (χ0v) is 20.4. The van der Waals surface area contributed by atoms with Gasteiger partial charge in [-0.25, -0.2) is 8.78 Å². The second kappa shape index (κ2) is 10.1. The molecule has 0 saturated carbocycles. The molecular weight excluding hydrogens is 472 g/mol. The second-order valence-corrected chi connectivity index (χ2v) is 9.98. The van der Waals surface area contributed by atoms with Crippen LogP contribution in [-0.2, 0) is 4.74 Å². The molecule has 1 amide bonds. The van der Waals surface area contributed by atoms with Crippen LogP contribution in [-0.4, -0.2) is 59.0 Å². The molecule has 6 rings (SSSR count). The first-order valence-electron chi connectivity index (χ1n) is 12.8. The van der Waals surface area contributed by atoms with Crippen LogP contribution in [0.3, 0.4) is 0 Å². The van der Waals surface area contributed by atoms with E-state index in [1.165, 1.54) is 24.3 Å². The van der Waals surface area contributed by atoms with Crippen molar-refractivity contribution in [2.45, 2.75) is 31.0 Å². The Balaban J connectivity index is 1.10. The van der Waals surface area contributed by atoms with Gasteiger partial charge in [-0.1, -0.05) is 42.5 Å². The third-order valence-electron chi connectivity index (χ3n) is 7.59. The maximum absolute atomic E-state index is 13.5. The molecule has 0 radical (unpaired) electrons. The molecule has 4 aromatic rings. The highest BCUT2D eigenvalue weighted by Crippen LogP contribution is 2.32. The van der Waals surface area contributed by atoms with Crippen LogP contribution in [0, 0.1) is 11.6 Å². The molecule has 0 aliphatic carbocycles. The van der Waals surface area contributed by atoms with E-state index in [1.807, 2.05) is 30.3 Å². The number of halogens is 2. The SMILES string of the molecule is O=C(c1cc2ccccc2[nH]1)N1[C@@H]2CC[C@H]1CN(CCOC(c1ccc(F)cc1)c1ccc(F)cc1)C2. The van der Waals surface area contributed by atoms with Crippen molar-refractivity contribution in [3.8, 4) is 0 Å². The van der Waals surface area contributed by atoms with Gasteiger partial charge in [-0.15, -0.1) is 0 Å². The topological polar surface area (TPSA) is 48.6 Å². The standard InChI is InChI=1S/C30H29F2N3O2/c31-23-9-5-20(6-10-23)29(21-7-11-24(32)12-8-21)37-16-15-34-18-25-13-14-26(19-34)35(25)30(36)28-17-22-3-1-2-4-27(22)33-28/h1-12,17,25-26,29,33H,13-16,18-19H2/t25-,26+. The number of aromatic amines is 1. The number of piperazine rings is 1. The Kier molecular flexibility index (Phi) is 6.49. The first-order chi connectivity index (χ1) is 18.0. The molecule has 2 fully saturated rings. The largest absolute Gasteiger partial charge is 0.367 e. The van der Waals surface area contributed by atoms with Gasteiger partial charge in [-0.05, 0) is 60.4 Å². The molecule has 0 unspecified atom stereocenters. The fourth-order valence-electron chi connectivity index (χ4n) is 5.79. The van der Waals surface area contributed by atoms with E-state index in [9.17, 15) is 13.6 Å². The third kappa shape index (κ3) is 4.89. The van der Waals surface area contributed by atoms with Gasteiger partial charge in [0, 0.05) is 42.6 Å². The van der Waals surface area contributed by atoms with Crippen molar-refractivity contribution >= 4 is 16.8 Å². The monoisotopic (exact) mass is 501 g/mol. The van der Waals surface area contributed by atoms with Crippen molar-refractivity contribution in [2.24, 2.45) is 0 Å². The van der Waals surface area contributed by atoms with Gasteiger partial charge < -0.3 is 14.6 Å². The fourth-order valence-corrected chi connectivity index (χ4v) is 5.79. The summed E-state index contributed by atoms with van der Waals surface area (Å²) in [6.45, 7) is 2.81. The Labute approximate surface area is 214 Å². The Hall–Kier alpha value is -3.55. The zero-order valence-electron chi connectivity index (χ0n) is 20.4. The number of likely N-dealkylation sites (tertiary alicyclic amines) is 1. The van der Waals surface area contributed by atoms with Gasteiger partial charge in [0.1, 0.15) is 23.4 Å². The number of H-pyrrole nitrogens is 1. The second-order valence-electron chi connectivity index (χ2n) is 9.98. The van der Waals surface area contributed by atoms with Crippen LogP contribution in [0.5, 0.6) is 0 Å². The molecule has 7 heteroatoms. The van der Waals surface area contributed by atoms with E-state index in [4.69, 9.17) is 4.74 Å². The highest BCUT2D eigenvalue weighted by molar-refractivity contribution is 5.98. The minimum atomic E-state index is -0.414. The number of hydrogen-bond acceptors (Lipinski definition) is 3. The predicted octanol–water partition coefficient (Wildman–Crippen LogP) is 5.54. The summed E-state index contributed by atoms with van der Waals surface area (Å²) in [5, 5.41) is 1.05. The molecular formula is C30H29F2N3O2. The number of carbonyl (C=O) groups is 1. The van der Waals surface area contributed by atoms with Crippen LogP contribution in [0.15, 0.2) is 78.9 Å². The normalized spacial score (nSPS) is 19.7. The van der Waals surface area contributed by atoms with Crippen molar-refractivity contribution < 1.29 is 18.3 Å². The first kappa shape index (κ1) is 23.8. The van der Waals surface area contributed by atoms with E-state index in [0.717, 1.165) is 54.5 Å². The van der Waals surface area contributed by atoms with E-state index >= 15 is 0 Å². The smallest absolute Gasteiger partial charge is 0.270 e.